The summed E-state index contributed by atoms with van der Waals surface area (Å²) < 4.78 is 0. The molecule has 2 saturated heterocycles. The highest BCUT2D eigenvalue weighted by Crippen LogP contribution is 2.21. The van der Waals surface area contributed by atoms with Gasteiger partial charge in [-0.05, 0) is 63.5 Å². The number of hydrogen-bond donors (Lipinski definition) is 5. The Morgan fingerprint density at radius 3 is 2.31 bits per heavy atom. The summed E-state index contributed by atoms with van der Waals surface area (Å²) in [5.41, 5.74) is 0. The highest BCUT2D eigenvalue weighted by atomic mass is 32.2. The number of carbonyl (C=O) groups excluding carboxylic acids is 4. The molecule has 5 atom stereocenters. The van der Waals surface area contributed by atoms with E-state index in [1.807, 2.05) is 6.26 Å². The summed E-state index contributed by atoms with van der Waals surface area (Å²) in [4.78, 5) is 64.4. The first-order chi connectivity index (χ1) is 16.6. The minimum atomic E-state index is -1.14. The molecule has 2 heterocycles. The van der Waals surface area contributed by atoms with Crippen molar-refractivity contribution in [2.24, 2.45) is 5.92 Å². The van der Waals surface area contributed by atoms with Crippen molar-refractivity contribution in [1.82, 2.24) is 26.2 Å². The van der Waals surface area contributed by atoms with Crippen LogP contribution >= 0.6 is 11.8 Å². The molecule has 0 aromatic carbocycles. The normalized spacial score (nSPS) is 22.4. The predicted molar refractivity (Wildman–Crippen MR) is 133 cm³/mol. The maximum Gasteiger partial charge on any atom is 0.326 e. The molecule has 4 amide bonds. The van der Waals surface area contributed by atoms with Gasteiger partial charge in [-0.1, -0.05) is 13.8 Å². The predicted octanol–water partition coefficient (Wildman–Crippen LogP) is -0.303. The maximum atomic E-state index is 13.1. The van der Waals surface area contributed by atoms with Crippen molar-refractivity contribution in [2.45, 2.75) is 83.1 Å². The van der Waals surface area contributed by atoms with Crippen molar-refractivity contribution >= 4 is 41.4 Å². The van der Waals surface area contributed by atoms with Crippen LogP contribution in [-0.2, 0) is 24.0 Å². The van der Waals surface area contributed by atoms with Crippen molar-refractivity contribution < 1.29 is 29.1 Å². The molecule has 0 radical (unpaired) electrons. The van der Waals surface area contributed by atoms with E-state index < -0.39 is 42.0 Å². The van der Waals surface area contributed by atoms with Crippen molar-refractivity contribution in [3.63, 3.8) is 0 Å². The molecule has 5 N–H and O–H groups in total. The average molecular weight is 514 g/mol. The Labute approximate surface area is 210 Å². The number of nitrogens with zero attached hydrogens (tertiary/aromatic N) is 1. The molecule has 2 fully saturated rings. The van der Waals surface area contributed by atoms with E-state index in [1.165, 1.54) is 18.7 Å². The molecule has 12 heteroatoms. The molecule has 2 aliphatic rings. The quantitative estimate of drug-likeness (QED) is 0.238. The van der Waals surface area contributed by atoms with Crippen LogP contribution in [0, 0.1) is 5.92 Å². The number of nitrogens with one attached hydrogen (secondary N) is 4. The molecule has 0 aromatic heterocycles. The van der Waals surface area contributed by atoms with Gasteiger partial charge in [0, 0.05) is 6.54 Å². The van der Waals surface area contributed by atoms with Crippen LogP contribution in [0.2, 0.25) is 0 Å². The summed E-state index contributed by atoms with van der Waals surface area (Å²) in [5, 5.41) is 20.3. The molecule has 0 aromatic rings. The van der Waals surface area contributed by atoms with Crippen LogP contribution < -0.4 is 21.3 Å². The van der Waals surface area contributed by atoms with E-state index in [0.29, 0.717) is 25.1 Å². The number of rotatable bonds is 12. The number of carboxylic acid groups (broad SMARTS) is 1. The zero-order valence-corrected chi connectivity index (χ0v) is 21.8. The molecule has 0 saturated carbocycles. The number of likely N-dealkylation sites (tertiary alicyclic amines) is 1. The van der Waals surface area contributed by atoms with E-state index in [1.54, 1.807) is 18.7 Å². The van der Waals surface area contributed by atoms with E-state index in [2.05, 4.69) is 21.3 Å². The van der Waals surface area contributed by atoms with Gasteiger partial charge in [0.05, 0.1) is 6.04 Å². The first-order valence-corrected chi connectivity index (χ1v) is 13.6. The van der Waals surface area contributed by atoms with Crippen LogP contribution in [0.15, 0.2) is 0 Å². The monoisotopic (exact) mass is 513 g/mol. The fourth-order valence-corrected chi connectivity index (χ4v) is 4.81. The number of thioether (sulfide) groups is 1. The Hall–Kier alpha value is -2.34. The molecule has 0 spiro atoms. The van der Waals surface area contributed by atoms with Crippen LogP contribution in [0.3, 0.4) is 0 Å². The number of amides is 4. The second-order valence-electron chi connectivity index (χ2n) is 9.48. The van der Waals surface area contributed by atoms with Gasteiger partial charge >= 0.3 is 5.97 Å². The van der Waals surface area contributed by atoms with Gasteiger partial charge in [-0.25, -0.2) is 4.79 Å². The molecular weight excluding hydrogens is 474 g/mol. The van der Waals surface area contributed by atoms with Crippen LogP contribution in [-0.4, -0.2) is 94.9 Å². The van der Waals surface area contributed by atoms with Gasteiger partial charge in [0.2, 0.25) is 23.6 Å². The topological polar surface area (TPSA) is 157 Å². The van der Waals surface area contributed by atoms with E-state index in [4.69, 9.17) is 0 Å². The summed E-state index contributed by atoms with van der Waals surface area (Å²) in [6.07, 6.45) is 5.03. The highest BCUT2D eigenvalue weighted by Gasteiger charge is 2.39. The van der Waals surface area contributed by atoms with Crippen LogP contribution in [0.25, 0.3) is 0 Å². The molecule has 11 nitrogen and oxygen atoms in total. The van der Waals surface area contributed by atoms with E-state index in [0.717, 1.165) is 19.4 Å². The lowest BCUT2D eigenvalue weighted by Crippen LogP contribution is -2.58. The summed E-state index contributed by atoms with van der Waals surface area (Å²) in [6.45, 7) is 6.31. The minimum Gasteiger partial charge on any atom is -0.480 e. The van der Waals surface area contributed by atoms with Gasteiger partial charge in [-0.2, -0.15) is 11.8 Å². The zero-order chi connectivity index (χ0) is 26.1. The third-order valence-electron chi connectivity index (χ3n) is 6.42. The standard InChI is InChI=1S/C23H39N5O6S/c1-13(2)18(21(31)25-14(3)19(29)26-16(23(33)34)9-12-35-4)27-20(30)17-8-6-11-28(17)22(32)15-7-5-10-24-15/h13-18,24H,5-12H2,1-4H3,(H,25,31)(H,26,29)(H,27,30)(H,33,34)/t14-,15+,16-,17-,18-/m1/s1. The highest BCUT2D eigenvalue weighted by molar-refractivity contribution is 7.98. The van der Waals surface area contributed by atoms with Crippen LogP contribution in [0.4, 0.5) is 0 Å². The Kier molecular flexibility index (Phi) is 11.3. The van der Waals surface area contributed by atoms with Crippen molar-refractivity contribution in [3.05, 3.63) is 0 Å². The van der Waals surface area contributed by atoms with Crippen molar-refractivity contribution in [1.29, 1.82) is 0 Å². The molecule has 0 aliphatic carbocycles. The van der Waals surface area contributed by atoms with Gasteiger partial charge < -0.3 is 31.3 Å². The molecular formula is C23H39N5O6S. The third-order valence-corrected chi connectivity index (χ3v) is 7.07. The van der Waals surface area contributed by atoms with E-state index in [9.17, 15) is 29.1 Å². The Morgan fingerprint density at radius 2 is 1.74 bits per heavy atom. The van der Waals surface area contributed by atoms with Crippen molar-refractivity contribution in [2.75, 3.05) is 25.1 Å². The van der Waals surface area contributed by atoms with Gasteiger partial charge in [0.15, 0.2) is 0 Å². The number of carbonyl (C=O) groups is 5. The van der Waals surface area contributed by atoms with E-state index >= 15 is 0 Å². The second kappa shape index (κ2) is 13.7. The SMILES string of the molecule is CSCC[C@@H](NC(=O)[C@@H](C)NC(=O)[C@H](NC(=O)[C@H]1CCCN1C(=O)[C@@H]1CCCN1)C(C)C)C(=O)O. The largest absolute Gasteiger partial charge is 0.480 e. The van der Waals surface area contributed by atoms with Crippen molar-refractivity contribution in [3.8, 4) is 0 Å². The molecule has 0 unspecified atom stereocenters. The number of hydrogen-bond acceptors (Lipinski definition) is 7. The Bertz CT molecular complexity index is 788. The van der Waals surface area contributed by atoms with E-state index in [-0.39, 0.29) is 30.2 Å². The Balaban J connectivity index is 1.97. The lowest BCUT2D eigenvalue weighted by Gasteiger charge is -2.29. The molecule has 2 aliphatic heterocycles. The second-order valence-corrected chi connectivity index (χ2v) is 10.5. The fourth-order valence-electron chi connectivity index (χ4n) is 4.34. The summed E-state index contributed by atoms with van der Waals surface area (Å²) in [7, 11) is 0. The number of aliphatic carboxylic acids is 1. The smallest absolute Gasteiger partial charge is 0.326 e. The minimum absolute atomic E-state index is 0.0783. The molecule has 2 rings (SSSR count). The summed E-state index contributed by atoms with van der Waals surface area (Å²) in [5.74, 6) is -2.46. The summed E-state index contributed by atoms with van der Waals surface area (Å²) in [6, 6.07) is -3.85. The number of carboxylic acids is 1. The maximum absolute atomic E-state index is 13.1. The molecule has 35 heavy (non-hydrogen) atoms. The van der Waals surface area contributed by atoms with Gasteiger partial charge in [-0.3, -0.25) is 19.2 Å². The van der Waals surface area contributed by atoms with Gasteiger partial charge in [-0.15, -0.1) is 0 Å². The van der Waals surface area contributed by atoms with Gasteiger partial charge in [0.1, 0.15) is 24.2 Å². The lowest BCUT2D eigenvalue weighted by atomic mass is 10.0. The van der Waals surface area contributed by atoms with Crippen LogP contribution in [0.5, 0.6) is 0 Å². The third kappa shape index (κ3) is 8.09. The van der Waals surface area contributed by atoms with Crippen LogP contribution in [0.1, 0.15) is 52.9 Å². The van der Waals surface area contributed by atoms with Gasteiger partial charge in [0.25, 0.3) is 0 Å². The lowest BCUT2D eigenvalue weighted by molar-refractivity contribution is -0.142. The fraction of sp³-hybridized carbons (Fsp3) is 0.783. The summed E-state index contributed by atoms with van der Waals surface area (Å²) >= 11 is 1.47. The Morgan fingerprint density at radius 1 is 1.03 bits per heavy atom. The molecule has 198 valence electrons. The zero-order valence-electron chi connectivity index (χ0n) is 21.0. The molecule has 0 bridgehead atoms. The first kappa shape index (κ1) is 28.9. The average Bonchev–Trinajstić information content (AvgIpc) is 3.51. The first-order valence-electron chi connectivity index (χ1n) is 12.2.